The maximum Gasteiger partial charge on any atom is 0.229 e. The van der Waals surface area contributed by atoms with Crippen molar-refractivity contribution in [2.24, 2.45) is 5.92 Å². The van der Waals surface area contributed by atoms with Crippen LogP contribution in [0.4, 0.5) is 17.1 Å². The number of likely N-dealkylation sites (N-methyl/N-ethyl adjacent to an activating group) is 1. The van der Waals surface area contributed by atoms with Gasteiger partial charge in [-0.25, -0.2) is 0 Å². The van der Waals surface area contributed by atoms with E-state index in [1.807, 2.05) is 42.5 Å². The minimum Gasteiger partial charge on any atom is -0.367 e. The molecule has 1 N–H and O–H groups in total. The molecule has 2 aliphatic heterocycles. The molecule has 2 fully saturated rings. The van der Waals surface area contributed by atoms with Crippen molar-refractivity contribution in [3.8, 4) is 0 Å². The van der Waals surface area contributed by atoms with Crippen LogP contribution >= 0.6 is 11.6 Å². The molecule has 0 radical (unpaired) electrons. The largest absolute Gasteiger partial charge is 0.367 e. The van der Waals surface area contributed by atoms with E-state index in [4.69, 9.17) is 11.6 Å². The third kappa shape index (κ3) is 4.45. The highest BCUT2D eigenvalue weighted by Gasteiger charge is 2.35. The first-order valence-corrected chi connectivity index (χ1v) is 10.9. The van der Waals surface area contributed by atoms with Crippen LogP contribution < -0.4 is 15.1 Å². The summed E-state index contributed by atoms with van der Waals surface area (Å²) in [5.41, 5.74) is 2.52. The Labute approximate surface area is 182 Å². The van der Waals surface area contributed by atoms with Crippen LogP contribution in [0.25, 0.3) is 0 Å². The molecule has 30 heavy (non-hydrogen) atoms. The number of nitrogens with one attached hydrogen (secondary N) is 1. The second-order valence-corrected chi connectivity index (χ2v) is 8.25. The minimum absolute atomic E-state index is 0.0247. The number of hydrogen-bond donors (Lipinski definition) is 1. The molecule has 0 aromatic heterocycles. The molecule has 1 atom stereocenters. The first kappa shape index (κ1) is 20.7. The Hall–Kier alpha value is -2.57. The molecule has 6 nitrogen and oxygen atoms in total. The highest BCUT2D eigenvalue weighted by atomic mass is 35.5. The molecule has 2 aromatic carbocycles. The number of rotatable bonds is 5. The lowest BCUT2D eigenvalue weighted by molar-refractivity contribution is -0.122. The Morgan fingerprint density at radius 1 is 1.10 bits per heavy atom. The number of nitrogens with zero attached hydrogens (tertiary/aromatic N) is 3. The molecule has 0 bridgehead atoms. The van der Waals surface area contributed by atoms with Gasteiger partial charge in [-0.15, -0.1) is 0 Å². The number of piperazine rings is 1. The monoisotopic (exact) mass is 426 g/mol. The van der Waals surface area contributed by atoms with E-state index in [1.165, 1.54) is 0 Å². The van der Waals surface area contributed by atoms with Gasteiger partial charge in [-0.3, -0.25) is 9.59 Å². The van der Waals surface area contributed by atoms with Crippen molar-refractivity contribution < 1.29 is 9.59 Å². The first-order valence-electron chi connectivity index (χ1n) is 10.5. The van der Waals surface area contributed by atoms with Gasteiger partial charge >= 0.3 is 0 Å². The van der Waals surface area contributed by atoms with Crippen LogP contribution in [0.2, 0.25) is 5.02 Å². The van der Waals surface area contributed by atoms with Crippen LogP contribution in [0.1, 0.15) is 13.3 Å². The normalized spacial score (nSPS) is 19.9. The van der Waals surface area contributed by atoms with Crippen LogP contribution in [-0.2, 0) is 9.59 Å². The number of carbonyl (C=O) groups excluding carboxylic acids is 2. The molecule has 0 spiro atoms. The number of anilines is 3. The molecule has 7 heteroatoms. The Bertz CT molecular complexity index is 913. The van der Waals surface area contributed by atoms with Gasteiger partial charge in [0.15, 0.2) is 0 Å². The number of benzene rings is 2. The van der Waals surface area contributed by atoms with Gasteiger partial charge < -0.3 is 20.0 Å². The van der Waals surface area contributed by atoms with E-state index in [2.05, 4.69) is 22.0 Å². The van der Waals surface area contributed by atoms with Gasteiger partial charge in [0.1, 0.15) is 0 Å². The van der Waals surface area contributed by atoms with E-state index < -0.39 is 0 Å². The molecule has 2 saturated heterocycles. The summed E-state index contributed by atoms with van der Waals surface area (Å²) in [6, 6.07) is 15.1. The fourth-order valence-corrected chi connectivity index (χ4v) is 4.34. The van der Waals surface area contributed by atoms with E-state index >= 15 is 0 Å². The quantitative estimate of drug-likeness (QED) is 0.795. The van der Waals surface area contributed by atoms with Gasteiger partial charge in [-0.2, -0.15) is 0 Å². The summed E-state index contributed by atoms with van der Waals surface area (Å²) in [5, 5.41) is 3.63. The van der Waals surface area contributed by atoms with E-state index in [0.29, 0.717) is 17.3 Å². The molecule has 4 rings (SSSR count). The van der Waals surface area contributed by atoms with Crippen molar-refractivity contribution in [2.45, 2.75) is 13.3 Å². The maximum atomic E-state index is 13.0. The number of carbonyl (C=O) groups is 2. The average Bonchev–Trinajstić information content (AvgIpc) is 3.16. The topological polar surface area (TPSA) is 55.9 Å². The van der Waals surface area contributed by atoms with Crippen LogP contribution in [0.3, 0.4) is 0 Å². The zero-order valence-electron chi connectivity index (χ0n) is 17.2. The highest BCUT2D eigenvalue weighted by molar-refractivity contribution is 6.31. The number of amides is 2. The average molecular weight is 427 g/mol. The Balaban J connectivity index is 1.47. The second-order valence-electron chi connectivity index (χ2n) is 7.81. The molecule has 0 saturated carbocycles. The van der Waals surface area contributed by atoms with Gasteiger partial charge in [-0.1, -0.05) is 36.7 Å². The second kappa shape index (κ2) is 9.06. The smallest absolute Gasteiger partial charge is 0.229 e. The molecular formula is C23H27ClN4O2. The van der Waals surface area contributed by atoms with Gasteiger partial charge in [0.2, 0.25) is 11.8 Å². The lowest BCUT2D eigenvalue weighted by atomic mass is 10.1. The van der Waals surface area contributed by atoms with Gasteiger partial charge in [0.05, 0.1) is 17.3 Å². The maximum absolute atomic E-state index is 13.0. The van der Waals surface area contributed by atoms with Crippen molar-refractivity contribution in [1.82, 2.24) is 4.90 Å². The zero-order valence-corrected chi connectivity index (χ0v) is 17.9. The molecule has 1 unspecified atom stereocenters. The van der Waals surface area contributed by atoms with Crippen LogP contribution in [-0.4, -0.2) is 56.0 Å². The van der Waals surface area contributed by atoms with Crippen molar-refractivity contribution in [3.63, 3.8) is 0 Å². The van der Waals surface area contributed by atoms with Crippen molar-refractivity contribution in [3.05, 3.63) is 53.6 Å². The van der Waals surface area contributed by atoms with E-state index in [0.717, 1.165) is 44.1 Å². The SMILES string of the molecule is CCN1CCN(c2ccc(Cl)cc2NC(=O)C2CC(=O)N(c3ccccc3)C2)CC1. The van der Waals surface area contributed by atoms with Crippen LogP contribution in [0, 0.1) is 5.92 Å². The fourth-order valence-electron chi connectivity index (χ4n) is 4.16. The third-order valence-corrected chi connectivity index (χ3v) is 6.18. The summed E-state index contributed by atoms with van der Waals surface area (Å²) in [5.74, 6) is -0.553. The lowest BCUT2D eigenvalue weighted by Gasteiger charge is -2.36. The molecule has 2 aliphatic rings. The van der Waals surface area contributed by atoms with Crippen LogP contribution in [0.15, 0.2) is 48.5 Å². The fraction of sp³-hybridized carbons (Fsp3) is 0.391. The first-order chi connectivity index (χ1) is 14.5. The Morgan fingerprint density at radius 3 is 2.53 bits per heavy atom. The minimum atomic E-state index is -0.388. The van der Waals surface area contributed by atoms with E-state index in [-0.39, 0.29) is 24.2 Å². The highest BCUT2D eigenvalue weighted by Crippen LogP contribution is 2.32. The zero-order chi connectivity index (χ0) is 21.1. The summed E-state index contributed by atoms with van der Waals surface area (Å²) in [6.45, 7) is 7.41. The molecule has 2 heterocycles. The predicted octanol–water partition coefficient (Wildman–Crippen LogP) is 3.47. The number of hydrogen-bond acceptors (Lipinski definition) is 4. The van der Waals surface area contributed by atoms with E-state index in [1.54, 1.807) is 11.0 Å². The van der Waals surface area contributed by atoms with Crippen molar-refractivity contribution in [2.75, 3.05) is 54.4 Å². The van der Waals surface area contributed by atoms with Crippen molar-refractivity contribution in [1.29, 1.82) is 0 Å². The summed E-state index contributed by atoms with van der Waals surface area (Å²) in [7, 11) is 0. The summed E-state index contributed by atoms with van der Waals surface area (Å²) in [4.78, 5) is 31.9. The third-order valence-electron chi connectivity index (χ3n) is 5.94. The molecule has 2 aromatic rings. The lowest BCUT2D eigenvalue weighted by Crippen LogP contribution is -2.46. The van der Waals surface area contributed by atoms with E-state index in [9.17, 15) is 9.59 Å². The van der Waals surface area contributed by atoms with Gasteiger partial charge in [0.25, 0.3) is 0 Å². The molecular weight excluding hydrogens is 400 g/mol. The summed E-state index contributed by atoms with van der Waals surface area (Å²) >= 11 is 6.23. The van der Waals surface area contributed by atoms with Crippen molar-refractivity contribution >= 4 is 40.5 Å². The summed E-state index contributed by atoms with van der Waals surface area (Å²) in [6.07, 6.45) is 0.214. The standard InChI is InChI=1S/C23H27ClN4O2/c1-2-26-10-12-27(13-11-26)21-9-8-18(24)15-20(21)25-23(30)17-14-22(29)28(16-17)19-6-4-3-5-7-19/h3-9,15,17H,2,10-14,16H2,1H3,(H,25,30). The molecule has 2 amide bonds. The predicted molar refractivity (Wildman–Crippen MR) is 121 cm³/mol. The number of para-hydroxylation sites is 1. The Kier molecular flexibility index (Phi) is 6.25. The Morgan fingerprint density at radius 2 is 1.83 bits per heavy atom. The van der Waals surface area contributed by atoms with Gasteiger partial charge in [0, 0.05) is 49.9 Å². The summed E-state index contributed by atoms with van der Waals surface area (Å²) < 4.78 is 0. The van der Waals surface area contributed by atoms with Crippen LogP contribution in [0.5, 0.6) is 0 Å². The molecule has 0 aliphatic carbocycles. The molecule has 158 valence electrons. The van der Waals surface area contributed by atoms with Gasteiger partial charge in [-0.05, 0) is 36.9 Å². The number of halogens is 1.